The first kappa shape index (κ1) is 18.9. The molecule has 122 valence electrons. The molecule has 0 aliphatic heterocycles. The number of hydrogen-bond donors (Lipinski definition) is 2. The fourth-order valence-electron chi connectivity index (χ4n) is 2.12. The molecule has 1 aromatic rings. The lowest BCUT2D eigenvalue weighted by molar-refractivity contribution is -0.141. The van der Waals surface area contributed by atoms with E-state index in [-0.39, 0.29) is 11.8 Å². The molecule has 0 spiro atoms. The number of carboxylic acid groups (broad SMARTS) is 1. The Kier molecular flexibility index (Phi) is 9.11. The van der Waals surface area contributed by atoms with Crippen molar-refractivity contribution >= 4 is 34.5 Å². The molecule has 1 unspecified atom stereocenters. The standard InChI is InChI=1S/C17H24INO3/c1-13(17(21)22)5-3-2-4-6-16(20)19-12-11-14-7-9-15(18)10-8-14/h7-10,13H,2-6,11-12H2,1H3,(H,19,20)(H,21,22). The molecule has 0 radical (unpaired) electrons. The second kappa shape index (κ2) is 10.6. The van der Waals surface area contributed by atoms with Gasteiger partial charge < -0.3 is 10.4 Å². The Hall–Kier alpha value is -1.11. The van der Waals surface area contributed by atoms with Crippen molar-refractivity contribution in [2.24, 2.45) is 5.92 Å². The minimum Gasteiger partial charge on any atom is -0.481 e. The van der Waals surface area contributed by atoms with Crippen molar-refractivity contribution in [1.29, 1.82) is 0 Å². The average Bonchev–Trinajstić information content (AvgIpc) is 2.48. The van der Waals surface area contributed by atoms with Crippen LogP contribution >= 0.6 is 22.6 Å². The summed E-state index contributed by atoms with van der Waals surface area (Å²) in [7, 11) is 0. The normalized spacial score (nSPS) is 11.9. The number of unbranched alkanes of at least 4 members (excludes halogenated alkanes) is 2. The van der Waals surface area contributed by atoms with E-state index in [0.29, 0.717) is 19.4 Å². The van der Waals surface area contributed by atoms with E-state index in [9.17, 15) is 9.59 Å². The van der Waals surface area contributed by atoms with Gasteiger partial charge in [-0.05, 0) is 59.5 Å². The number of benzene rings is 1. The smallest absolute Gasteiger partial charge is 0.306 e. The Labute approximate surface area is 145 Å². The summed E-state index contributed by atoms with van der Waals surface area (Å²) in [5.41, 5.74) is 1.23. The molecule has 0 saturated carbocycles. The Morgan fingerprint density at radius 3 is 2.50 bits per heavy atom. The van der Waals surface area contributed by atoms with E-state index < -0.39 is 5.97 Å². The molecule has 2 N–H and O–H groups in total. The van der Waals surface area contributed by atoms with Crippen LogP contribution in [0.1, 0.15) is 44.6 Å². The molecule has 22 heavy (non-hydrogen) atoms. The number of carboxylic acids is 1. The highest BCUT2D eigenvalue weighted by atomic mass is 127. The molecule has 0 bridgehead atoms. The molecule has 5 heteroatoms. The Morgan fingerprint density at radius 2 is 1.86 bits per heavy atom. The molecule has 1 rings (SSSR count). The topological polar surface area (TPSA) is 66.4 Å². The highest BCUT2D eigenvalue weighted by Crippen LogP contribution is 2.10. The third kappa shape index (κ3) is 8.36. The van der Waals surface area contributed by atoms with Gasteiger partial charge in [-0.1, -0.05) is 31.9 Å². The first-order valence-electron chi connectivity index (χ1n) is 7.73. The van der Waals surface area contributed by atoms with Crippen molar-refractivity contribution in [3.05, 3.63) is 33.4 Å². The van der Waals surface area contributed by atoms with E-state index >= 15 is 0 Å². The minimum absolute atomic E-state index is 0.0804. The summed E-state index contributed by atoms with van der Waals surface area (Å²) in [6, 6.07) is 8.29. The van der Waals surface area contributed by atoms with Gasteiger partial charge in [-0.3, -0.25) is 9.59 Å². The van der Waals surface area contributed by atoms with Crippen molar-refractivity contribution in [3.8, 4) is 0 Å². The molecule has 0 heterocycles. The van der Waals surface area contributed by atoms with Gasteiger partial charge in [0.1, 0.15) is 0 Å². The van der Waals surface area contributed by atoms with E-state index in [2.05, 4.69) is 52.2 Å². The van der Waals surface area contributed by atoms with Gasteiger partial charge in [0.05, 0.1) is 5.92 Å². The molecule has 0 aliphatic carbocycles. The lowest BCUT2D eigenvalue weighted by Gasteiger charge is -2.07. The summed E-state index contributed by atoms with van der Waals surface area (Å²) in [4.78, 5) is 22.3. The Balaban J connectivity index is 2.04. The number of amides is 1. The quantitative estimate of drug-likeness (QED) is 0.452. The van der Waals surface area contributed by atoms with Crippen LogP contribution in [-0.2, 0) is 16.0 Å². The first-order chi connectivity index (χ1) is 10.5. The fourth-order valence-corrected chi connectivity index (χ4v) is 2.48. The van der Waals surface area contributed by atoms with Gasteiger partial charge in [-0.25, -0.2) is 0 Å². The monoisotopic (exact) mass is 417 g/mol. The van der Waals surface area contributed by atoms with Crippen LogP contribution in [0.2, 0.25) is 0 Å². The van der Waals surface area contributed by atoms with Crippen molar-refractivity contribution in [1.82, 2.24) is 5.32 Å². The number of rotatable bonds is 10. The van der Waals surface area contributed by atoms with Gasteiger partial charge >= 0.3 is 5.97 Å². The minimum atomic E-state index is -0.742. The van der Waals surface area contributed by atoms with Crippen LogP contribution in [0, 0.1) is 9.49 Å². The SMILES string of the molecule is CC(CCCCCC(=O)NCCc1ccc(I)cc1)C(=O)O. The van der Waals surface area contributed by atoms with Crippen LogP contribution in [0.3, 0.4) is 0 Å². The maximum Gasteiger partial charge on any atom is 0.306 e. The largest absolute Gasteiger partial charge is 0.481 e. The van der Waals surface area contributed by atoms with Gasteiger partial charge in [0.2, 0.25) is 5.91 Å². The summed E-state index contributed by atoms with van der Waals surface area (Å²) in [6.45, 7) is 2.38. The Bertz CT molecular complexity index is 473. The first-order valence-corrected chi connectivity index (χ1v) is 8.81. The number of aliphatic carboxylic acids is 1. The van der Waals surface area contributed by atoms with Crippen molar-refractivity contribution < 1.29 is 14.7 Å². The van der Waals surface area contributed by atoms with Crippen molar-refractivity contribution in [2.45, 2.75) is 45.4 Å². The van der Waals surface area contributed by atoms with E-state index in [1.807, 2.05) is 0 Å². The predicted molar refractivity (Wildman–Crippen MR) is 95.8 cm³/mol. The number of carbonyl (C=O) groups excluding carboxylic acids is 1. The maximum atomic E-state index is 11.7. The molecule has 1 amide bonds. The van der Waals surface area contributed by atoms with Crippen LogP contribution in [0.5, 0.6) is 0 Å². The van der Waals surface area contributed by atoms with E-state index in [0.717, 1.165) is 25.7 Å². The van der Waals surface area contributed by atoms with Gasteiger partial charge in [-0.2, -0.15) is 0 Å². The summed E-state index contributed by atoms with van der Waals surface area (Å²) >= 11 is 2.27. The summed E-state index contributed by atoms with van der Waals surface area (Å²) in [6.07, 6.45) is 4.64. The van der Waals surface area contributed by atoms with Gasteiger partial charge in [0, 0.05) is 16.5 Å². The van der Waals surface area contributed by atoms with Crippen molar-refractivity contribution in [3.63, 3.8) is 0 Å². The second-order valence-corrected chi connectivity index (χ2v) is 6.81. The molecule has 0 aliphatic rings. The highest BCUT2D eigenvalue weighted by molar-refractivity contribution is 14.1. The molecular weight excluding hydrogens is 393 g/mol. The van der Waals surface area contributed by atoms with Crippen LogP contribution in [0.4, 0.5) is 0 Å². The summed E-state index contributed by atoms with van der Waals surface area (Å²) in [5.74, 6) is -0.951. The molecule has 0 saturated heterocycles. The van der Waals surface area contributed by atoms with Crippen LogP contribution < -0.4 is 5.32 Å². The molecule has 0 fully saturated rings. The third-order valence-corrected chi connectivity index (χ3v) is 4.33. The molecular formula is C17H24INO3. The number of hydrogen-bond acceptors (Lipinski definition) is 2. The lowest BCUT2D eigenvalue weighted by Crippen LogP contribution is -2.25. The van der Waals surface area contributed by atoms with E-state index in [4.69, 9.17) is 5.11 Å². The van der Waals surface area contributed by atoms with Crippen LogP contribution in [0.25, 0.3) is 0 Å². The molecule has 1 aromatic carbocycles. The molecule has 4 nitrogen and oxygen atoms in total. The number of nitrogens with one attached hydrogen (secondary N) is 1. The third-order valence-electron chi connectivity index (χ3n) is 3.61. The fraction of sp³-hybridized carbons (Fsp3) is 0.529. The maximum absolute atomic E-state index is 11.7. The van der Waals surface area contributed by atoms with Crippen LogP contribution in [0.15, 0.2) is 24.3 Å². The molecule has 1 atom stereocenters. The number of carbonyl (C=O) groups is 2. The van der Waals surface area contributed by atoms with Gasteiger partial charge in [0.15, 0.2) is 0 Å². The predicted octanol–water partition coefficient (Wildman–Crippen LogP) is 3.62. The van der Waals surface area contributed by atoms with Crippen LogP contribution in [-0.4, -0.2) is 23.5 Å². The summed E-state index contributed by atoms with van der Waals surface area (Å²) in [5, 5.41) is 11.7. The number of halogens is 1. The van der Waals surface area contributed by atoms with Crippen molar-refractivity contribution in [2.75, 3.05) is 6.54 Å². The average molecular weight is 417 g/mol. The Morgan fingerprint density at radius 1 is 1.18 bits per heavy atom. The zero-order valence-corrected chi connectivity index (χ0v) is 15.1. The van der Waals surface area contributed by atoms with E-state index in [1.54, 1.807) is 6.92 Å². The lowest BCUT2D eigenvalue weighted by atomic mass is 10.0. The van der Waals surface area contributed by atoms with Gasteiger partial charge in [-0.15, -0.1) is 0 Å². The zero-order valence-electron chi connectivity index (χ0n) is 13.0. The van der Waals surface area contributed by atoms with Gasteiger partial charge in [0.25, 0.3) is 0 Å². The second-order valence-electron chi connectivity index (χ2n) is 5.57. The van der Waals surface area contributed by atoms with E-state index in [1.165, 1.54) is 9.13 Å². The highest BCUT2D eigenvalue weighted by Gasteiger charge is 2.09. The zero-order chi connectivity index (χ0) is 16.4. The summed E-state index contributed by atoms with van der Waals surface area (Å²) < 4.78 is 1.21. The molecule has 0 aromatic heterocycles.